The Morgan fingerprint density at radius 1 is 0.631 bits per heavy atom. The Morgan fingerprint density at radius 3 is 2.08 bits per heavy atom. The molecule has 0 amide bonds. The monoisotopic (exact) mass is 863 g/mol. The van der Waals surface area contributed by atoms with Gasteiger partial charge in [0, 0.05) is 35.6 Å². The number of nitrogens with zero attached hydrogens (tertiary/aromatic N) is 3. The molecule has 3 aliphatic heterocycles. The summed E-state index contributed by atoms with van der Waals surface area (Å²) in [6, 6.07) is 43.7. The van der Waals surface area contributed by atoms with Gasteiger partial charge in [0.2, 0.25) is 5.69 Å². The second-order valence-electron chi connectivity index (χ2n) is 20.7. The summed E-state index contributed by atoms with van der Waals surface area (Å²) in [5, 5.41) is 0. The van der Waals surface area contributed by atoms with E-state index in [4.69, 9.17) is 17.1 Å². The van der Waals surface area contributed by atoms with Gasteiger partial charge in [-0.2, -0.15) is 4.57 Å². The standard InChI is InChI=1S/C61H63N3O/c1-36(2)29-43-30-46(25-26-47(43)40-17-14-13-15-18-40)63-53-20-16-19-48-50-34-45(60(10,11)12)35-51-54-33-41(39-21-23-44(24-22-39)59(7,8)9)27-28-62(54)61(55(50)51)64(56(48)53)58(63)52-32-42(37(3)4)31-49(38(5)6)57(52)65-61/h13-28,30-38H,29H2,1-12H3/q+2/i7D3,8D3,9D3. The number of ether oxygens (including phenoxy) is 1. The fraction of sp³-hybridized carbons (Fsp3) is 0.311. The zero-order chi connectivity index (χ0) is 53.0. The van der Waals surface area contributed by atoms with Crippen LogP contribution in [0.15, 0.2) is 134 Å². The number of hydrogen-bond acceptors (Lipinski definition) is 1. The van der Waals surface area contributed by atoms with Gasteiger partial charge in [-0.15, -0.1) is 9.13 Å². The fourth-order valence-electron chi connectivity index (χ4n) is 10.8. The van der Waals surface area contributed by atoms with E-state index < -0.39 is 31.8 Å². The van der Waals surface area contributed by atoms with Crippen LogP contribution in [0.5, 0.6) is 5.75 Å². The first-order valence-corrected chi connectivity index (χ1v) is 23.2. The number of para-hydroxylation sites is 1. The second kappa shape index (κ2) is 14.4. The van der Waals surface area contributed by atoms with E-state index in [-0.39, 0.29) is 22.8 Å². The summed E-state index contributed by atoms with van der Waals surface area (Å²) in [6.45, 7) is 10.1. The highest BCUT2D eigenvalue weighted by atomic mass is 16.5. The van der Waals surface area contributed by atoms with Crippen molar-refractivity contribution in [2.45, 2.75) is 118 Å². The Labute approximate surface area is 398 Å². The number of imidazole rings is 1. The van der Waals surface area contributed by atoms with E-state index in [1.807, 2.05) is 6.07 Å². The van der Waals surface area contributed by atoms with E-state index in [1.165, 1.54) is 34.4 Å². The predicted octanol–water partition coefficient (Wildman–Crippen LogP) is 14.8. The van der Waals surface area contributed by atoms with Crippen LogP contribution in [0.25, 0.3) is 72.7 Å². The maximum absolute atomic E-state index is 8.35. The van der Waals surface area contributed by atoms with Gasteiger partial charge in [-0.05, 0) is 134 Å². The number of rotatable bonds is 7. The van der Waals surface area contributed by atoms with E-state index in [1.54, 1.807) is 12.1 Å². The smallest absolute Gasteiger partial charge is 0.392 e. The van der Waals surface area contributed by atoms with Crippen LogP contribution in [-0.4, -0.2) is 4.57 Å². The van der Waals surface area contributed by atoms with E-state index in [0.29, 0.717) is 11.5 Å². The molecule has 0 radical (unpaired) electrons. The summed E-state index contributed by atoms with van der Waals surface area (Å²) in [5.74, 6) is 1.37. The zero-order valence-corrected chi connectivity index (χ0v) is 38.9. The molecule has 0 N–H and O–H groups in total. The minimum atomic E-state index is -3.37. The Hall–Kier alpha value is -6.26. The largest absolute Gasteiger partial charge is 0.499 e. The van der Waals surface area contributed by atoms with E-state index in [9.17, 15) is 0 Å². The van der Waals surface area contributed by atoms with Gasteiger partial charge in [-0.25, -0.2) is 0 Å². The number of benzene rings is 6. The van der Waals surface area contributed by atoms with Gasteiger partial charge >= 0.3 is 11.7 Å². The van der Waals surface area contributed by atoms with Gasteiger partial charge in [0.25, 0.3) is 0 Å². The van der Waals surface area contributed by atoms with Crippen molar-refractivity contribution in [1.82, 2.24) is 4.57 Å². The number of hydrogen-bond donors (Lipinski definition) is 0. The first-order chi connectivity index (χ1) is 34.7. The topological polar surface area (TPSA) is 21.9 Å². The van der Waals surface area contributed by atoms with Crippen molar-refractivity contribution >= 4 is 11.0 Å². The molecule has 326 valence electrons. The third kappa shape index (κ3) is 6.15. The van der Waals surface area contributed by atoms with Crippen LogP contribution in [0.4, 0.5) is 0 Å². The highest BCUT2D eigenvalue weighted by Gasteiger charge is 2.69. The lowest BCUT2D eigenvalue weighted by molar-refractivity contribution is -0.997. The number of fused-ring (bicyclic) bond motifs is 5. The molecule has 5 heterocycles. The molecule has 2 aromatic heterocycles. The molecule has 0 saturated carbocycles. The van der Waals surface area contributed by atoms with Gasteiger partial charge < -0.3 is 4.74 Å². The van der Waals surface area contributed by atoms with Gasteiger partial charge in [-0.1, -0.05) is 150 Å². The molecule has 1 spiro atoms. The average molecular weight is 863 g/mol. The Morgan fingerprint density at radius 2 is 1.38 bits per heavy atom. The van der Waals surface area contributed by atoms with Crippen LogP contribution < -0.4 is 13.9 Å². The van der Waals surface area contributed by atoms with Crippen molar-refractivity contribution in [2.24, 2.45) is 5.92 Å². The van der Waals surface area contributed by atoms with Gasteiger partial charge in [-0.3, -0.25) is 0 Å². The van der Waals surface area contributed by atoms with Crippen LogP contribution in [0.2, 0.25) is 0 Å². The molecular formula is C61H63N3O+2. The summed E-state index contributed by atoms with van der Waals surface area (Å²) in [5.41, 5.74) is 14.3. The van der Waals surface area contributed by atoms with Gasteiger partial charge in [0.15, 0.2) is 23.0 Å². The highest BCUT2D eigenvalue weighted by molar-refractivity contribution is 5.98. The minimum absolute atomic E-state index is 0.114. The molecule has 4 nitrogen and oxygen atoms in total. The summed E-state index contributed by atoms with van der Waals surface area (Å²) in [4.78, 5) is 0. The van der Waals surface area contributed by atoms with E-state index >= 15 is 0 Å². The molecule has 4 heteroatoms. The van der Waals surface area contributed by atoms with Crippen molar-refractivity contribution in [1.29, 1.82) is 0 Å². The molecule has 0 aliphatic carbocycles. The molecule has 65 heavy (non-hydrogen) atoms. The van der Waals surface area contributed by atoms with Crippen LogP contribution in [0.1, 0.15) is 140 Å². The molecule has 11 rings (SSSR count). The van der Waals surface area contributed by atoms with Gasteiger partial charge in [0.1, 0.15) is 16.8 Å². The van der Waals surface area contributed by atoms with Crippen LogP contribution in [-0.2, 0) is 23.1 Å². The summed E-state index contributed by atoms with van der Waals surface area (Å²) >= 11 is 0. The van der Waals surface area contributed by atoms with Crippen LogP contribution in [0, 0.1) is 5.92 Å². The lowest BCUT2D eigenvalue weighted by Crippen LogP contribution is -2.78. The highest BCUT2D eigenvalue weighted by Crippen LogP contribution is 2.56. The van der Waals surface area contributed by atoms with Crippen molar-refractivity contribution in [2.75, 3.05) is 0 Å². The van der Waals surface area contributed by atoms with Crippen LogP contribution >= 0.6 is 0 Å². The average Bonchev–Trinajstić information content (AvgIpc) is 3.81. The van der Waals surface area contributed by atoms with Crippen molar-refractivity contribution < 1.29 is 26.2 Å². The lowest BCUT2D eigenvalue weighted by Gasteiger charge is -2.34. The molecule has 0 bridgehead atoms. The van der Waals surface area contributed by atoms with E-state index in [2.05, 4.69) is 179 Å². The van der Waals surface area contributed by atoms with Gasteiger partial charge in [0.05, 0.1) is 5.56 Å². The van der Waals surface area contributed by atoms with Crippen molar-refractivity contribution in [3.63, 3.8) is 0 Å². The number of aromatic nitrogens is 3. The molecular weight excluding hydrogens is 791 g/mol. The van der Waals surface area contributed by atoms with Crippen LogP contribution in [0.3, 0.4) is 0 Å². The SMILES string of the molecule is [2H]C([2H])([2H])C(c1ccc(-c2cc[n+]3c(c2)-c2cc(C(C)(C)C)cc4c2C32Oc3c(cc(C(C)C)cc3C(C)C)-c3n(-c5ccc(-c6ccccc6)c(CC(C)C)c5)c5cccc-4c5[n+]32)cc1)(C([2H])([2H])[2H])C([2H])([2H])[2H]. The predicted molar refractivity (Wildman–Crippen MR) is 268 cm³/mol. The minimum Gasteiger partial charge on any atom is -0.392 e. The molecule has 1 unspecified atom stereocenters. The Balaban J connectivity index is 1.23. The molecule has 0 saturated heterocycles. The first-order valence-electron chi connectivity index (χ1n) is 27.7. The summed E-state index contributed by atoms with van der Waals surface area (Å²) in [7, 11) is 0. The lowest BCUT2D eigenvalue weighted by atomic mass is 9.80. The Kier molecular flexibility index (Phi) is 7.16. The fourth-order valence-corrected chi connectivity index (χ4v) is 10.8. The number of pyridine rings is 1. The summed E-state index contributed by atoms with van der Waals surface area (Å²) < 4.78 is 90.4. The third-order valence-electron chi connectivity index (χ3n) is 14.0. The Bertz CT molecular complexity index is 3560. The molecule has 1 atom stereocenters. The molecule has 3 aliphatic rings. The second-order valence-corrected chi connectivity index (χ2v) is 20.7. The zero-order valence-electron chi connectivity index (χ0n) is 47.9. The molecule has 8 aromatic rings. The van der Waals surface area contributed by atoms with Crippen molar-refractivity contribution in [3.05, 3.63) is 167 Å². The summed E-state index contributed by atoms with van der Waals surface area (Å²) in [6.07, 6.45) is 2.97. The molecule has 0 fully saturated rings. The maximum atomic E-state index is 8.35. The quantitative estimate of drug-likeness (QED) is 0.146. The normalized spacial score (nSPS) is 18.4. The third-order valence-corrected chi connectivity index (χ3v) is 14.0. The molecule has 6 aromatic carbocycles. The first kappa shape index (κ1) is 32.4. The van der Waals surface area contributed by atoms with Crippen molar-refractivity contribution in [3.8, 4) is 67.5 Å². The van der Waals surface area contributed by atoms with E-state index in [0.717, 1.165) is 84.9 Å². The maximum Gasteiger partial charge on any atom is 0.499 e.